The first kappa shape index (κ1) is 16.3. The van der Waals surface area contributed by atoms with Gasteiger partial charge in [0.2, 0.25) is 5.75 Å². The molecule has 0 saturated carbocycles. The zero-order valence-electron chi connectivity index (χ0n) is 13.1. The standard InChI is InChI=1S/C16H24O4/c1-10(2)18-14-7-13(9-17)8-15(19-11(3)4)16(14)20-12(5)6/h7-12H,1-6H3. The van der Waals surface area contributed by atoms with E-state index in [1.54, 1.807) is 12.1 Å². The molecule has 0 aliphatic rings. The second kappa shape index (κ2) is 7.17. The maximum atomic E-state index is 11.1. The highest BCUT2D eigenvalue weighted by Gasteiger charge is 2.18. The van der Waals surface area contributed by atoms with E-state index in [2.05, 4.69) is 0 Å². The summed E-state index contributed by atoms with van der Waals surface area (Å²) in [7, 11) is 0. The van der Waals surface area contributed by atoms with Crippen molar-refractivity contribution >= 4 is 6.29 Å². The number of benzene rings is 1. The number of aldehydes is 1. The molecule has 0 radical (unpaired) electrons. The number of hydrogen-bond acceptors (Lipinski definition) is 4. The second-order valence-corrected chi connectivity index (χ2v) is 5.46. The first-order valence-corrected chi connectivity index (χ1v) is 6.96. The molecule has 20 heavy (non-hydrogen) atoms. The van der Waals surface area contributed by atoms with Crippen molar-refractivity contribution in [3.05, 3.63) is 17.7 Å². The van der Waals surface area contributed by atoms with Crippen molar-refractivity contribution in [2.45, 2.75) is 59.9 Å². The van der Waals surface area contributed by atoms with E-state index in [4.69, 9.17) is 14.2 Å². The van der Waals surface area contributed by atoms with Gasteiger partial charge < -0.3 is 14.2 Å². The van der Waals surface area contributed by atoms with Gasteiger partial charge in [-0.2, -0.15) is 0 Å². The molecule has 0 unspecified atom stereocenters. The van der Waals surface area contributed by atoms with Crippen molar-refractivity contribution in [2.24, 2.45) is 0 Å². The van der Waals surface area contributed by atoms with E-state index < -0.39 is 0 Å². The monoisotopic (exact) mass is 280 g/mol. The average Bonchev–Trinajstić information content (AvgIpc) is 2.30. The van der Waals surface area contributed by atoms with Crippen LogP contribution in [-0.4, -0.2) is 24.6 Å². The Morgan fingerprint density at radius 2 is 1.20 bits per heavy atom. The Bertz CT molecular complexity index is 419. The minimum Gasteiger partial charge on any atom is -0.487 e. The van der Waals surface area contributed by atoms with Gasteiger partial charge in [0, 0.05) is 5.56 Å². The molecule has 0 atom stereocenters. The highest BCUT2D eigenvalue weighted by Crippen LogP contribution is 2.40. The Kier molecular flexibility index (Phi) is 5.86. The summed E-state index contributed by atoms with van der Waals surface area (Å²) >= 11 is 0. The largest absolute Gasteiger partial charge is 0.487 e. The van der Waals surface area contributed by atoms with Crippen molar-refractivity contribution in [3.8, 4) is 17.2 Å². The summed E-state index contributed by atoms with van der Waals surface area (Å²) in [5.41, 5.74) is 0.507. The molecule has 4 nitrogen and oxygen atoms in total. The van der Waals surface area contributed by atoms with Gasteiger partial charge in [-0.05, 0) is 53.7 Å². The predicted molar refractivity (Wildman–Crippen MR) is 79.1 cm³/mol. The van der Waals surface area contributed by atoms with E-state index in [0.29, 0.717) is 22.8 Å². The lowest BCUT2D eigenvalue weighted by Crippen LogP contribution is -2.14. The lowest BCUT2D eigenvalue weighted by atomic mass is 10.2. The summed E-state index contributed by atoms with van der Waals surface area (Å²) in [5, 5.41) is 0. The summed E-state index contributed by atoms with van der Waals surface area (Å²) in [6.45, 7) is 11.6. The van der Waals surface area contributed by atoms with Gasteiger partial charge in [-0.25, -0.2) is 0 Å². The fourth-order valence-electron chi connectivity index (χ4n) is 1.70. The van der Waals surface area contributed by atoms with E-state index in [1.165, 1.54) is 0 Å². The van der Waals surface area contributed by atoms with Crippen LogP contribution in [-0.2, 0) is 0 Å². The number of rotatable bonds is 7. The molecule has 4 heteroatoms. The first-order valence-electron chi connectivity index (χ1n) is 6.96. The van der Waals surface area contributed by atoms with Gasteiger partial charge in [-0.1, -0.05) is 0 Å². The molecule has 1 aromatic rings. The molecule has 0 spiro atoms. The van der Waals surface area contributed by atoms with Crippen LogP contribution < -0.4 is 14.2 Å². The van der Waals surface area contributed by atoms with E-state index in [1.807, 2.05) is 41.5 Å². The van der Waals surface area contributed by atoms with Crippen LogP contribution in [0, 0.1) is 0 Å². The van der Waals surface area contributed by atoms with E-state index >= 15 is 0 Å². The zero-order valence-corrected chi connectivity index (χ0v) is 13.1. The Labute approximate surface area is 121 Å². The molecule has 0 aromatic heterocycles. The van der Waals surface area contributed by atoms with Crippen molar-refractivity contribution in [1.29, 1.82) is 0 Å². The summed E-state index contributed by atoms with van der Waals surface area (Å²) < 4.78 is 17.3. The van der Waals surface area contributed by atoms with Crippen molar-refractivity contribution in [3.63, 3.8) is 0 Å². The quantitative estimate of drug-likeness (QED) is 0.711. The molecule has 0 fully saturated rings. The maximum absolute atomic E-state index is 11.1. The summed E-state index contributed by atoms with van der Waals surface area (Å²) in [6, 6.07) is 3.36. The van der Waals surface area contributed by atoms with Crippen LogP contribution in [0.2, 0.25) is 0 Å². The van der Waals surface area contributed by atoms with E-state index in [-0.39, 0.29) is 18.3 Å². The summed E-state index contributed by atoms with van der Waals surface area (Å²) in [6.07, 6.45) is 0.734. The van der Waals surface area contributed by atoms with Gasteiger partial charge in [0.05, 0.1) is 18.3 Å². The predicted octanol–water partition coefficient (Wildman–Crippen LogP) is 3.86. The average molecular weight is 280 g/mol. The van der Waals surface area contributed by atoms with Gasteiger partial charge in [-0.15, -0.1) is 0 Å². The van der Waals surface area contributed by atoms with E-state index in [9.17, 15) is 4.79 Å². The van der Waals surface area contributed by atoms with Crippen LogP contribution in [0.4, 0.5) is 0 Å². The van der Waals surface area contributed by atoms with Crippen LogP contribution in [0.3, 0.4) is 0 Å². The minimum absolute atomic E-state index is 0.0129. The Morgan fingerprint density at radius 3 is 1.50 bits per heavy atom. The summed E-state index contributed by atoms with van der Waals surface area (Å²) in [4.78, 5) is 11.1. The minimum atomic E-state index is -0.0154. The third-order valence-electron chi connectivity index (χ3n) is 2.26. The molecule has 0 bridgehead atoms. The summed E-state index contributed by atoms with van der Waals surface area (Å²) in [5.74, 6) is 1.62. The zero-order chi connectivity index (χ0) is 15.3. The molecule has 0 aliphatic carbocycles. The lowest BCUT2D eigenvalue weighted by molar-refractivity contribution is 0.112. The van der Waals surface area contributed by atoms with Crippen LogP contribution >= 0.6 is 0 Å². The Hall–Kier alpha value is -1.71. The second-order valence-electron chi connectivity index (χ2n) is 5.46. The van der Waals surface area contributed by atoms with Crippen LogP contribution in [0.1, 0.15) is 51.9 Å². The molecule has 112 valence electrons. The van der Waals surface area contributed by atoms with Crippen LogP contribution in [0.5, 0.6) is 17.2 Å². The van der Waals surface area contributed by atoms with E-state index in [0.717, 1.165) is 6.29 Å². The highest BCUT2D eigenvalue weighted by molar-refractivity contribution is 5.78. The molecular formula is C16H24O4. The fourth-order valence-corrected chi connectivity index (χ4v) is 1.70. The molecule has 0 aliphatic heterocycles. The SMILES string of the molecule is CC(C)Oc1cc(C=O)cc(OC(C)C)c1OC(C)C. The molecule has 0 amide bonds. The Balaban J connectivity index is 3.31. The Morgan fingerprint density at radius 1 is 0.800 bits per heavy atom. The van der Waals surface area contributed by atoms with Gasteiger partial charge in [0.15, 0.2) is 11.5 Å². The van der Waals surface area contributed by atoms with Gasteiger partial charge in [-0.3, -0.25) is 4.79 Å². The first-order chi connectivity index (χ1) is 9.33. The molecule has 1 aromatic carbocycles. The molecule has 0 saturated heterocycles. The molecular weight excluding hydrogens is 256 g/mol. The van der Waals surface area contributed by atoms with Crippen LogP contribution in [0.25, 0.3) is 0 Å². The smallest absolute Gasteiger partial charge is 0.203 e. The maximum Gasteiger partial charge on any atom is 0.203 e. The number of carbonyl (C=O) groups is 1. The third kappa shape index (κ3) is 4.76. The normalized spacial score (nSPS) is 11.1. The molecule has 1 rings (SSSR count). The van der Waals surface area contributed by atoms with Gasteiger partial charge >= 0.3 is 0 Å². The van der Waals surface area contributed by atoms with Gasteiger partial charge in [0.1, 0.15) is 6.29 Å². The number of ether oxygens (including phenoxy) is 3. The third-order valence-corrected chi connectivity index (χ3v) is 2.26. The van der Waals surface area contributed by atoms with Gasteiger partial charge in [0.25, 0.3) is 0 Å². The fraction of sp³-hybridized carbons (Fsp3) is 0.562. The highest BCUT2D eigenvalue weighted by atomic mass is 16.6. The number of hydrogen-bond donors (Lipinski definition) is 0. The topological polar surface area (TPSA) is 44.8 Å². The van der Waals surface area contributed by atoms with Crippen molar-refractivity contribution < 1.29 is 19.0 Å². The molecule has 0 heterocycles. The lowest BCUT2D eigenvalue weighted by Gasteiger charge is -2.21. The van der Waals surface area contributed by atoms with Crippen LogP contribution in [0.15, 0.2) is 12.1 Å². The van der Waals surface area contributed by atoms with Crippen molar-refractivity contribution in [2.75, 3.05) is 0 Å². The number of carbonyl (C=O) groups excluding carboxylic acids is 1. The molecule has 0 N–H and O–H groups in total. The van der Waals surface area contributed by atoms with Crippen molar-refractivity contribution in [1.82, 2.24) is 0 Å².